The van der Waals surface area contributed by atoms with E-state index in [1.165, 1.54) is 32.4 Å². The molecule has 0 radical (unpaired) electrons. The minimum Gasteiger partial charge on any atom is -0.479 e. The number of hydrogen-bond acceptors (Lipinski definition) is 8. The van der Waals surface area contributed by atoms with Crippen molar-refractivity contribution in [1.82, 2.24) is 24.6 Å². The first-order valence-electron chi connectivity index (χ1n) is 10.1. The number of ether oxygens (including phenoxy) is 2. The molecule has 0 aliphatic carbocycles. The molecule has 4 heterocycles. The van der Waals surface area contributed by atoms with Gasteiger partial charge in [-0.2, -0.15) is 22.7 Å². The number of nitrogens with one attached hydrogen (secondary N) is 1. The summed E-state index contributed by atoms with van der Waals surface area (Å²) in [5.74, 6) is -0.0525. The van der Waals surface area contributed by atoms with Gasteiger partial charge in [-0.1, -0.05) is 30.3 Å². The Labute approximate surface area is 194 Å². The van der Waals surface area contributed by atoms with Crippen LogP contribution in [-0.4, -0.2) is 38.8 Å². The van der Waals surface area contributed by atoms with Crippen LogP contribution in [0.1, 0.15) is 11.4 Å². The number of aromatic amines is 1. The van der Waals surface area contributed by atoms with Crippen LogP contribution in [0.3, 0.4) is 0 Å². The number of rotatable bonds is 5. The SMILES string of the molecule is COCc1nc2c(-c3ccccc3)c(C(F)(F)F)[nH]n2c(=O)c1-c1nc2c(OC)nc(N)cc2o1. The summed E-state index contributed by atoms with van der Waals surface area (Å²) in [6, 6.07) is 9.23. The fourth-order valence-electron chi connectivity index (χ4n) is 3.82. The van der Waals surface area contributed by atoms with Gasteiger partial charge in [0.1, 0.15) is 17.1 Å². The Morgan fingerprint density at radius 2 is 1.86 bits per heavy atom. The largest absolute Gasteiger partial charge is 0.479 e. The number of pyridine rings is 1. The number of nitrogen functional groups attached to an aromatic ring is 1. The number of nitrogens with zero attached hydrogens (tertiary/aromatic N) is 4. The summed E-state index contributed by atoms with van der Waals surface area (Å²) in [5.41, 5.74) is 3.72. The number of aromatic nitrogens is 5. The summed E-state index contributed by atoms with van der Waals surface area (Å²) in [5, 5.41) is 2.17. The standard InChI is InChI=1S/C22H17F3N6O4/c1-33-9-11-15(19-29-16-12(35-19)8-13(26)28-20(16)34-2)21(32)31-18(27-11)14(10-6-4-3-5-7-10)17(30-31)22(23,24)25/h3-8,30H,9H2,1-2H3,(H2,26,28). The van der Waals surface area contributed by atoms with E-state index in [0.29, 0.717) is 0 Å². The van der Waals surface area contributed by atoms with Crippen LogP contribution < -0.4 is 16.0 Å². The van der Waals surface area contributed by atoms with E-state index in [4.69, 9.17) is 19.6 Å². The first kappa shape index (κ1) is 22.4. The third kappa shape index (κ3) is 3.65. The van der Waals surface area contributed by atoms with Gasteiger partial charge in [0.2, 0.25) is 11.8 Å². The van der Waals surface area contributed by atoms with Crippen LogP contribution in [0.25, 0.3) is 39.3 Å². The number of hydrogen-bond donors (Lipinski definition) is 2. The predicted molar refractivity (Wildman–Crippen MR) is 119 cm³/mol. The van der Waals surface area contributed by atoms with Crippen LogP contribution in [-0.2, 0) is 17.5 Å². The molecule has 0 spiro atoms. The van der Waals surface area contributed by atoms with E-state index in [0.717, 1.165) is 4.52 Å². The molecule has 5 rings (SSSR count). The van der Waals surface area contributed by atoms with Crippen LogP contribution >= 0.6 is 0 Å². The van der Waals surface area contributed by atoms with Gasteiger partial charge < -0.3 is 19.6 Å². The third-order valence-corrected chi connectivity index (χ3v) is 5.26. The summed E-state index contributed by atoms with van der Waals surface area (Å²) in [7, 11) is 2.72. The lowest BCUT2D eigenvalue weighted by molar-refractivity contribution is -0.140. The highest BCUT2D eigenvalue weighted by atomic mass is 19.4. The molecule has 0 aliphatic rings. The fraction of sp³-hybridized carbons (Fsp3) is 0.182. The van der Waals surface area contributed by atoms with E-state index >= 15 is 0 Å². The maximum Gasteiger partial charge on any atom is 0.433 e. The maximum absolute atomic E-state index is 14.0. The average Bonchev–Trinajstić information content (AvgIpc) is 3.41. The number of H-pyrrole nitrogens is 1. The topological polar surface area (TPSA) is 134 Å². The van der Waals surface area contributed by atoms with Crippen LogP contribution in [0.15, 0.2) is 45.6 Å². The Kier molecular flexibility index (Phi) is 5.20. The van der Waals surface area contributed by atoms with Crippen LogP contribution in [0.2, 0.25) is 0 Å². The van der Waals surface area contributed by atoms with E-state index in [1.54, 1.807) is 18.2 Å². The second kappa shape index (κ2) is 8.13. The normalized spacial score (nSPS) is 12.0. The van der Waals surface area contributed by atoms with Crippen molar-refractivity contribution >= 4 is 22.6 Å². The zero-order valence-electron chi connectivity index (χ0n) is 18.3. The average molecular weight is 486 g/mol. The highest BCUT2D eigenvalue weighted by Crippen LogP contribution is 2.39. The summed E-state index contributed by atoms with van der Waals surface area (Å²) in [4.78, 5) is 26.2. The summed E-state index contributed by atoms with van der Waals surface area (Å²) in [6.45, 7) is -0.196. The Balaban J connectivity index is 1.86. The van der Waals surface area contributed by atoms with Gasteiger partial charge in [-0.3, -0.25) is 9.89 Å². The van der Waals surface area contributed by atoms with Gasteiger partial charge in [0.15, 0.2) is 16.7 Å². The van der Waals surface area contributed by atoms with Crippen molar-refractivity contribution in [1.29, 1.82) is 0 Å². The van der Waals surface area contributed by atoms with E-state index in [-0.39, 0.29) is 63.3 Å². The van der Waals surface area contributed by atoms with Crippen molar-refractivity contribution < 1.29 is 27.1 Å². The van der Waals surface area contributed by atoms with Gasteiger partial charge in [0.05, 0.1) is 25.0 Å². The zero-order chi connectivity index (χ0) is 24.9. The van der Waals surface area contributed by atoms with Gasteiger partial charge in [-0.15, -0.1) is 0 Å². The Morgan fingerprint density at radius 3 is 2.51 bits per heavy atom. The van der Waals surface area contributed by atoms with Gasteiger partial charge in [-0.25, -0.2) is 9.97 Å². The maximum atomic E-state index is 14.0. The number of oxazole rings is 1. The minimum atomic E-state index is -4.79. The number of methoxy groups -OCH3 is 2. The van der Waals surface area contributed by atoms with Gasteiger partial charge in [-0.05, 0) is 5.56 Å². The highest BCUT2D eigenvalue weighted by molar-refractivity contribution is 5.84. The smallest absolute Gasteiger partial charge is 0.433 e. The monoisotopic (exact) mass is 486 g/mol. The molecule has 180 valence electrons. The molecule has 0 amide bonds. The number of alkyl halides is 3. The molecule has 0 atom stereocenters. The molecular weight excluding hydrogens is 469 g/mol. The Hall–Kier alpha value is -4.39. The van der Waals surface area contributed by atoms with Crippen molar-refractivity contribution in [2.75, 3.05) is 20.0 Å². The van der Waals surface area contributed by atoms with Crippen molar-refractivity contribution in [3.8, 4) is 28.5 Å². The first-order valence-corrected chi connectivity index (χ1v) is 10.1. The van der Waals surface area contributed by atoms with Gasteiger partial charge in [0, 0.05) is 13.2 Å². The molecule has 0 saturated heterocycles. The summed E-state index contributed by atoms with van der Waals surface area (Å²) in [6.07, 6.45) is -4.79. The molecule has 13 heteroatoms. The molecule has 3 N–H and O–H groups in total. The second-order valence-corrected chi connectivity index (χ2v) is 7.48. The summed E-state index contributed by atoms with van der Waals surface area (Å²) < 4.78 is 58.7. The Bertz CT molecular complexity index is 1620. The van der Waals surface area contributed by atoms with Crippen molar-refractivity contribution in [3.05, 3.63) is 58.1 Å². The molecule has 0 aliphatic heterocycles. The second-order valence-electron chi connectivity index (χ2n) is 7.48. The number of fused-ring (bicyclic) bond motifs is 2. The molecule has 4 aromatic heterocycles. The van der Waals surface area contributed by atoms with Crippen molar-refractivity contribution in [2.24, 2.45) is 0 Å². The van der Waals surface area contributed by atoms with E-state index in [1.807, 2.05) is 0 Å². The van der Waals surface area contributed by atoms with Crippen LogP contribution in [0, 0.1) is 0 Å². The lowest BCUT2D eigenvalue weighted by atomic mass is 10.1. The number of anilines is 1. The molecular formula is C22H17F3N6O4. The van der Waals surface area contributed by atoms with E-state index < -0.39 is 17.4 Å². The summed E-state index contributed by atoms with van der Waals surface area (Å²) >= 11 is 0. The van der Waals surface area contributed by atoms with Gasteiger partial charge >= 0.3 is 6.18 Å². The number of nitrogens with two attached hydrogens (primary N) is 1. The third-order valence-electron chi connectivity index (χ3n) is 5.26. The molecule has 0 fully saturated rings. The molecule has 35 heavy (non-hydrogen) atoms. The van der Waals surface area contributed by atoms with E-state index in [2.05, 4.69) is 20.1 Å². The van der Waals surface area contributed by atoms with Crippen molar-refractivity contribution in [2.45, 2.75) is 12.8 Å². The van der Waals surface area contributed by atoms with Crippen LogP contribution in [0.5, 0.6) is 5.88 Å². The van der Waals surface area contributed by atoms with Crippen LogP contribution in [0.4, 0.5) is 19.0 Å². The Morgan fingerprint density at radius 1 is 1.11 bits per heavy atom. The molecule has 1 aromatic carbocycles. The quantitative estimate of drug-likeness (QED) is 0.385. The fourth-order valence-corrected chi connectivity index (χ4v) is 3.82. The molecule has 0 bridgehead atoms. The molecule has 0 saturated carbocycles. The molecule has 5 aromatic rings. The van der Waals surface area contributed by atoms with E-state index in [9.17, 15) is 18.0 Å². The first-order chi connectivity index (χ1) is 16.7. The van der Waals surface area contributed by atoms with Crippen molar-refractivity contribution in [3.63, 3.8) is 0 Å². The molecule has 0 unspecified atom stereocenters. The zero-order valence-corrected chi connectivity index (χ0v) is 18.3. The predicted octanol–water partition coefficient (Wildman–Crippen LogP) is 3.65. The lowest BCUT2D eigenvalue weighted by Crippen LogP contribution is -2.21. The highest BCUT2D eigenvalue weighted by Gasteiger charge is 2.39. The number of halogens is 3. The lowest BCUT2D eigenvalue weighted by Gasteiger charge is -2.08. The van der Waals surface area contributed by atoms with Gasteiger partial charge in [0.25, 0.3) is 5.56 Å². The minimum absolute atomic E-state index is 0.0360. The molecule has 10 nitrogen and oxygen atoms in total. The number of benzene rings is 1.